The van der Waals surface area contributed by atoms with Crippen LogP contribution in [0.1, 0.15) is 55.8 Å². The molecule has 0 spiro atoms. The first-order chi connectivity index (χ1) is 10.1. The number of benzene rings is 1. The minimum absolute atomic E-state index is 0.00519. The second-order valence-corrected chi connectivity index (χ2v) is 5.95. The molecule has 1 aliphatic carbocycles. The van der Waals surface area contributed by atoms with Gasteiger partial charge in [-0.15, -0.1) is 0 Å². The van der Waals surface area contributed by atoms with E-state index >= 15 is 0 Å². The summed E-state index contributed by atoms with van der Waals surface area (Å²) in [6.07, 6.45) is 5.91. The van der Waals surface area contributed by atoms with Gasteiger partial charge in [0.15, 0.2) is 5.78 Å². The molecular weight excluding hydrogens is 288 g/mol. The molecule has 0 aliphatic heterocycles. The molecule has 116 valence electrons. The molecule has 0 radical (unpaired) electrons. The van der Waals surface area contributed by atoms with Gasteiger partial charge in [0.2, 0.25) is 0 Å². The lowest BCUT2D eigenvalue weighted by molar-refractivity contribution is -0.0294. The van der Waals surface area contributed by atoms with Crippen LogP contribution in [0, 0.1) is 0 Å². The fraction of sp³-hybridized carbons (Fsp3) is 0.588. The van der Waals surface area contributed by atoms with E-state index in [1.54, 1.807) is 25.3 Å². The number of ether oxygens (including phenoxy) is 2. The number of halogens is 1. The van der Waals surface area contributed by atoms with Crippen molar-refractivity contribution in [2.24, 2.45) is 0 Å². The smallest absolute Gasteiger partial charge is 0.198 e. The second-order valence-electron chi connectivity index (χ2n) is 5.52. The first-order valence-electron chi connectivity index (χ1n) is 7.65. The number of carbonyl (C=O) groups is 1. The van der Waals surface area contributed by atoms with Crippen LogP contribution in [0.2, 0.25) is 5.02 Å². The van der Waals surface area contributed by atoms with Gasteiger partial charge < -0.3 is 9.47 Å². The van der Waals surface area contributed by atoms with Crippen LogP contribution in [0.3, 0.4) is 0 Å². The fourth-order valence-corrected chi connectivity index (χ4v) is 3.29. The van der Waals surface area contributed by atoms with Crippen molar-refractivity contribution in [3.63, 3.8) is 0 Å². The van der Waals surface area contributed by atoms with Crippen LogP contribution in [0.5, 0.6) is 5.75 Å². The van der Waals surface area contributed by atoms with E-state index in [0.29, 0.717) is 22.9 Å². The Balaban J connectivity index is 2.40. The third-order valence-corrected chi connectivity index (χ3v) is 4.39. The van der Waals surface area contributed by atoms with Crippen LogP contribution in [0.4, 0.5) is 0 Å². The van der Waals surface area contributed by atoms with E-state index in [9.17, 15) is 4.79 Å². The summed E-state index contributed by atoms with van der Waals surface area (Å²) in [5, 5.41) is 0.541. The monoisotopic (exact) mass is 310 g/mol. The topological polar surface area (TPSA) is 35.5 Å². The first-order valence-corrected chi connectivity index (χ1v) is 8.03. The molecular formula is C17H23ClO3. The molecule has 0 saturated heterocycles. The summed E-state index contributed by atoms with van der Waals surface area (Å²) in [4.78, 5) is 13.1. The summed E-state index contributed by atoms with van der Waals surface area (Å²) < 4.78 is 11.3. The van der Waals surface area contributed by atoms with E-state index in [2.05, 4.69) is 0 Å². The molecule has 1 aromatic carbocycles. The second kappa shape index (κ2) is 7.28. The minimum Gasteiger partial charge on any atom is -0.496 e. The van der Waals surface area contributed by atoms with Gasteiger partial charge in [-0.25, -0.2) is 0 Å². The zero-order valence-electron chi connectivity index (χ0n) is 12.8. The molecule has 4 heteroatoms. The van der Waals surface area contributed by atoms with Crippen molar-refractivity contribution in [2.75, 3.05) is 13.7 Å². The molecule has 0 bridgehead atoms. The summed E-state index contributed by atoms with van der Waals surface area (Å²) in [6, 6.07) is 5.16. The number of hydrogen-bond donors (Lipinski definition) is 0. The lowest BCUT2D eigenvalue weighted by atomic mass is 9.85. The van der Waals surface area contributed by atoms with E-state index in [0.717, 1.165) is 38.5 Å². The average molecular weight is 311 g/mol. The Hall–Kier alpha value is -1.06. The number of Topliss-reactive ketones (excluding diaryl/α,β-unsaturated/α-hetero) is 1. The Labute approximate surface area is 131 Å². The highest BCUT2D eigenvalue weighted by Gasteiger charge is 2.40. The van der Waals surface area contributed by atoms with Crippen molar-refractivity contribution in [2.45, 2.75) is 51.0 Å². The third kappa shape index (κ3) is 3.58. The zero-order chi connectivity index (χ0) is 15.3. The highest BCUT2D eigenvalue weighted by atomic mass is 35.5. The van der Waals surface area contributed by atoms with Crippen molar-refractivity contribution >= 4 is 17.4 Å². The Bertz CT molecular complexity index is 491. The molecule has 1 fully saturated rings. The van der Waals surface area contributed by atoms with Crippen molar-refractivity contribution < 1.29 is 14.3 Å². The Morgan fingerprint density at radius 3 is 2.48 bits per heavy atom. The summed E-state index contributed by atoms with van der Waals surface area (Å²) in [7, 11) is 1.57. The van der Waals surface area contributed by atoms with Gasteiger partial charge in [-0.05, 0) is 38.0 Å². The standard InChI is InChI=1S/C17H23ClO3/c1-3-21-17(10-6-4-5-7-11-17)16(19)14-12-13(18)8-9-15(14)20-2/h8-9,12H,3-7,10-11H2,1-2H3. The van der Waals surface area contributed by atoms with E-state index in [4.69, 9.17) is 21.1 Å². The highest BCUT2D eigenvalue weighted by Crippen LogP contribution is 2.36. The first kappa shape index (κ1) is 16.3. The van der Waals surface area contributed by atoms with Gasteiger partial charge in [-0.1, -0.05) is 37.3 Å². The number of carbonyl (C=O) groups excluding carboxylic acids is 1. The van der Waals surface area contributed by atoms with Gasteiger partial charge in [-0.3, -0.25) is 4.79 Å². The molecule has 0 atom stereocenters. The lowest BCUT2D eigenvalue weighted by Crippen LogP contribution is -2.41. The molecule has 1 aromatic rings. The summed E-state index contributed by atoms with van der Waals surface area (Å²) in [5.74, 6) is 0.568. The maximum absolute atomic E-state index is 13.1. The van der Waals surface area contributed by atoms with Gasteiger partial charge in [0.25, 0.3) is 0 Å². The molecule has 0 amide bonds. The molecule has 1 saturated carbocycles. The third-order valence-electron chi connectivity index (χ3n) is 4.15. The van der Waals surface area contributed by atoms with Gasteiger partial charge in [0, 0.05) is 11.6 Å². The van der Waals surface area contributed by atoms with Crippen LogP contribution in [-0.2, 0) is 4.74 Å². The Kier molecular flexibility index (Phi) is 5.65. The SMILES string of the molecule is CCOC1(C(=O)c2cc(Cl)ccc2OC)CCCCCC1. The lowest BCUT2D eigenvalue weighted by Gasteiger charge is -2.31. The molecule has 0 unspecified atom stereocenters. The van der Waals surface area contributed by atoms with Crippen molar-refractivity contribution in [1.29, 1.82) is 0 Å². The minimum atomic E-state index is -0.719. The van der Waals surface area contributed by atoms with Crippen LogP contribution >= 0.6 is 11.6 Å². The number of ketones is 1. The molecule has 0 aromatic heterocycles. The number of hydrogen-bond acceptors (Lipinski definition) is 3. The summed E-state index contributed by atoms with van der Waals surface area (Å²) in [5.41, 5.74) is -0.191. The molecule has 21 heavy (non-hydrogen) atoms. The Morgan fingerprint density at radius 1 is 1.24 bits per heavy atom. The normalized spacial score (nSPS) is 18.0. The molecule has 2 rings (SSSR count). The van der Waals surface area contributed by atoms with Crippen LogP contribution in [-0.4, -0.2) is 25.1 Å². The number of methoxy groups -OCH3 is 1. The molecule has 0 N–H and O–H groups in total. The van der Waals surface area contributed by atoms with Gasteiger partial charge in [0.05, 0.1) is 12.7 Å². The molecule has 3 nitrogen and oxygen atoms in total. The van der Waals surface area contributed by atoms with E-state index in [-0.39, 0.29) is 5.78 Å². The van der Waals surface area contributed by atoms with Crippen LogP contribution < -0.4 is 4.74 Å². The summed E-state index contributed by atoms with van der Waals surface area (Å²) >= 11 is 6.06. The quantitative estimate of drug-likeness (QED) is 0.586. The van der Waals surface area contributed by atoms with Crippen LogP contribution in [0.15, 0.2) is 18.2 Å². The van der Waals surface area contributed by atoms with E-state index in [1.807, 2.05) is 6.92 Å². The predicted octanol–water partition coefficient (Wildman–Crippen LogP) is 4.66. The largest absolute Gasteiger partial charge is 0.496 e. The maximum Gasteiger partial charge on any atom is 0.198 e. The van der Waals surface area contributed by atoms with Crippen LogP contribution in [0.25, 0.3) is 0 Å². The fourth-order valence-electron chi connectivity index (χ4n) is 3.12. The maximum atomic E-state index is 13.1. The van der Waals surface area contributed by atoms with E-state index in [1.165, 1.54) is 0 Å². The zero-order valence-corrected chi connectivity index (χ0v) is 13.5. The summed E-state index contributed by atoms with van der Waals surface area (Å²) in [6.45, 7) is 2.48. The number of rotatable bonds is 5. The van der Waals surface area contributed by atoms with Gasteiger partial charge in [0.1, 0.15) is 11.4 Å². The Morgan fingerprint density at radius 2 is 1.90 bits per heavy atom. The van der Waals surface area contributed by atoms with E-state index < -0.39 is 5.60 Å². The van der Waals surface area contributed by atoms with Crippen molar-refractivity contribution in [3.8, 4) is 5.75 Å². The molecule has 0 heterocycles. The average Bonchev–Trinajstić information content (AvgIpc) is 2.73. The van der Waals surface area contributed by atoms with Gasteiger partial charge >= 0.3 is 0 Å². The molecule has 1 aliphatic rings. The van der Waals surface area contributed by atoms with Crippen molar-refractivity contribution in [3.05, 3.63) is 28.8 Å². The van der Waals surface area contributed by atoms with Crippen molar-refractivity contribution in [1.82, 2.24) is 0 Å². The predicted molar refractivity (Wildman–Crippen MR) is 84.4 cm³/mol. The van der Waals surface area contributed by atoms with Gasteiger partial charge in [-0.2, -0.15) is 0 Å². The highest BCUT2D eigenvalue weighted by molar-refractivity contribution is 6.31.